The fraction of sp³-hybridized carbons (Fsp3) is 0.318. The van der Waals surface area contributed by atoms with Gasteiger partial charge in [0, 0.05) is 13.1 Å². The average Bonchev–Trinajstić information content (AvgIpc) is 3.09. The highest BCUT2D eigenvalue weighted by Gasteiger charge is 2.27. The summed E-state index contributed by atoms with van der Waals surface area (Å²) < 4.78 is 10.9. The summed E-state index contributed by atoms with van der Waals surface area (Å²) in [6.07, 6.45) is 5.30. The Morgan fingerprint density at radius 3 is 2.85 bits per heavy atom. The third-order valence-corrected chi connectivity index (χ3v) is 5.15. The Bertz CT molecular complexity index is 863. The maximum Gasteiger partial charge on any atom is 0.246 e. The largest absolute Gasteiger partial charge is 0.491 e. The second-order valence-electron chi connectivity index (χ2n) is 6.50. The Hall–Kier alpha value is -2.46. The molecular weight excluding hydrogens is 362 g/mol. The van der Waals surface area contributed by atoms with Crippen LogP contribution in [0.1, 0.15) is 36.1 Å². The van der Waals surface area contributed by atoms with Crippen LogP contribution < -0.4 is 9.47 Å². The number of likely N-dealkylation sites (N-methyl/N-ethyl adjacent to an activating group) is 1. The topological polar surface area (TPSA) is 38.8 Å². The summed E-state index contributed by atoms with van der Waals surface area (Å²) in [6.45, 7) is 2.40. The molecular formula is C22H24ClNO3. The number of carbonyl (C=O) groups is 1. The minimum atomic E-state index is -0.0402. The van der Waals surface area contributed by atoms with E-state index in [9.17, 15) is 4.79 Å². The van der Waals surface area contributed by atoms with Gasteiger partial charge >= 0.3 is 0 Å². The average molecular weight is 386 g/mol. The van der Waals surface area contributed by atoms with Crippen LogP contribution in [0.2, 0.25) is 5.02 Å². The highest BCUT2D eigenvalue weighted by atomic mass is 35.5. The molecule has 0 N–H and O–H groups in total. The van der Waals surface area contributed by atoms with E-state index in [0.29, 0.717) is 23.1 Å². The summed E-state index contributed by atoms with van der Waals surface area (Å²) >= 11 is 6.27. The molecule has 2 aromatic rings. The van der Waals surface area contributed by atoms with Crippen LogP contribution in [0.15, 0.2) is 42.5 Å². The molecule has 1 aliphatic carbocycles. The molecule has 3 rings (SSSR count). The van der Waals surface area contributed by atoms with Gasteiger partial charge in [-0.2, -0.15) is 0 Å². The maximum atomic E-state index is 12.7. The van der Waals surface area contributed by atoms with E-state index < -0.39 is 0 Å². The first-order valence-electron chi connectivity index (χ1n) is 9.08. The monoisotopic (exact) mass is 385 g/mol. The van der Waals surface area contributed by atoms with Crippen LogP contribution in [0.25, 0.3) is 6.08 Å². The molecule has 27 heavy (non-hydrogen) atoms. The van der Waals surface area contributed by atoms with Crippen molar-refractivity contribution < 1.29 is 14.3 Å². The van der Waals surface area contributed by atoms with Gasteiger partial charge in [-0.05, 0) is 54.7 Å². The highest BCUT2D eigenvalue weighted by molar-refractivity contribution is 6.32. The predicted molar refractivity (Wildman–Crippen MR) is 108 cm³/mol. The first-order valence-corrected chi connectivity index (χ1v) is 9.46. The van der Waals surface area contributed by atoms with Crippen molar-refractivity contribution in [3.05, 3.63) is 64.2 Å². The Labute approximate surface area is 165 Å². The van der Waals surface area contributed by atoms with Crippen molar-refractivity contribution in [2.75, 3.05) is 20.8 Å². The number of halogens is 1. The van der Waals surface area contributed by atoms with Crippen LogP contribution in [-0.2, 0) is 11.2 Å². The van der Waals surface area contributed by atoms with Crippen LogP contribution in [-0.4, -0.2) is 31.6 Å². The van der Waals surface area contributed by atoms with Gasteiger partial charge in [0.15, 0.2) is 11.5 Å². The molecule has 0 heterocycles. The zero-order chi connectivity index (χ0) is 19.4. The van der Waals surface area contributed by atoms with Gasteiger partial charge in [-0.1, -0.05) is 35.9 Å². The molecule has 1 unspecified atom stereocenters. The molecule has 5 heteroatoms. The van der Waals surface area contributed by atoms with Crippen molar-refractivity contribution in [3.8, 4) is 11.5 Å². The molecule has 0 bridgehead atoms. The lowest BCUT2D eigenvalue weighted by Crippen LogP contribution is -2.28. The number of nitrogens with zero attached hydrogens (tertiary/aromatic N) is 1. The number of amides is 1. The number of aryl methyl sites for hydroxylation is 1. The fourth-order valence-electron chi connectivity index (χ4n) is 3.52. The van der Waals surface area contributed by atoms with Crippen LogP contribution in [0.4, 0.5) is 0 Å². The minimum absolute atomic E-state index is 0.0402. The molecule has 2 aromatic carbocycles. The van der Waals surface area contributed by atoms with E-state index >= 15 is 0 Å². The molecule has 0 aromatic heterocycles. The summed E-state index contributed by atoms with van der Waals surface area (Å²) in [5, 5.41) is 0.452. The number of fused-ring (bicyclic) bond motifs is 1. The quantitative estimate of drug-likeness (QED) is 0.663. The van der Waals surface area contributed by atoms with Crippen LogP contribution in [0.5, 0.6) is 11.5 Å². The lowest BCUT2D eigenvalue weighted by atomic mass is 10.1. The number of carbonyl (C=O) groups excluding carboxylic acids is 1. The van der Waals surface area contributed by atoms with Crippen molar-refractivity contribution >= 4 is 23.6 Å². The molecule has 0 aliphatic heterocycles. The van der Waals surface area contributed by atoms with E-state index in [0.717, 1.165) is 18.4 Å². The molecule has 0 radical (unpaired) electrons. The minimum Gasteiger partial charge on any atom is -0.491 e. The summed E-state index contributed by atoms with van der Waals surface area (Å²) in [6, 6.07) is 12.0. The number of benzene rings is 2. The fourth-order valence-corrected chi connectivity index (χ4v) is 3.82. The molecule has 1 atom stereocenters. The van der Waals surface area contributed by atoms with Gasteiger partial charge in [0.1, 0.15) is 0 Å². The Morgan fingerprint density at radius 2 is 2.11 bits per heavy atom. The first kappa shape index (κ1) is 19.3. The van der Waals surface area contributed by atoms with E-state index in [-0.39, 0.29) is 11.9 Å². The normalized spacial score (nSPS) is 15.6. The third-order valence-electron chi connectivity index (χ3n) is 4.87. The third kappa shape index (κ3) is 4.11. The lowest BCUT2D eigenvalue weighted by molar-refractivity contribution is -0.126. The van der Waals surface area contributed by atoms with E-state index in [1.165, 1.54) is 11.1 Å². The van der Waals surface area contributed by atoms with Crippen LogP contribution in [0, 0.1) is 0 Å². The number of hydrogen-bond acceptors (Lipinski definition) is 3. The van der Waals surface area contributed by atoms with Crippen molar-refractivity contribution in [2.45, 2.75) is 25.8 Å². The van der Waals surface area contributed by atoms with E-state index in [1.54, 1.807) is 30.2 Å². The molecule has 0 saturated carbocycles. The first-order chi connectivity index (χ1) is 13.0. The number of ether oxygens (including phenoxy) is 2. The second kappa shape index (κ2) is 8.49. The van der Waals surface area contributed by atoms with Gasteiger partial charge in [-0.3, -0.25) is 4.79 Å². The second-order valence-corrected chi connectivity index (χ2v) is 6.91. The zero-order valence-electron chi connectivity index (χ0n) is 15.9. The lowest BCUT2D eigenvalue weighted by Gasteiger charge is -2.24. The summed E-state index contributed by atoms with van der Waals surface area (Å²) in [5.41, 5.74) is 3.36. The molecule has 0 spiro atoms. The van der Waals surface area contributed by atoms with Gasteiger partial charge in [0.2, 0.25) is 5.91 Å². The van der Waals surface area contributed by atoms with Gasteiger partial charge in [0.25, 0.3) is 0 Å². The molecule has 0 saturated heterocycles. The number of hydrogen-bond donors (Lipinski definition) is 0. The summed E-state index contributed by atoms with van der Waals surface area (Å²) in [4.78, 5) is 14.5. The molecule has 4 nitrogen and oxygen atoms in total. The van der Waals surface area contributed by atoms with E-state index in [2.05, 4.69) is 12.1 Å². The van der Waals surface area contributed by atoms with Crippen LogP contribution >= 0.6 is 11.6 Å². The Morgan fingerprint density at radius 1 is 1.33 bits per heavy atom. The van der Waals surface area contributed by atoms with Crippen molar-refractivity contribution in [3.63, 3.8) is 0 Å². The molecule has 1 aliphatic rings. The summed E-state index contributed by atoms with van der Waals surface area (Å²) in [7, 11) is 3.41. The number of rotatable bonds is 6. The van der Waals surface area contributed by atoms with Crippen molar-refractivity contribution in [1.82, 2.24) is 4.90 Å². The van der Waals surface area contributed by atoms with Gasteiger partial charge < -0.3 is 14.4 Å². The number of methoxy groups -OCH3 is 1. The van der Waals surface area contributed by atoms with Crippen LogP contribution in [0.3, 0.4) is 0 Å². The van der Waals surface area contributed by atoms with Crippen molar-refractivity contribution in [1.29, 1.82) is 0 Å². The molecule has 1 amide bonds. The Balaban J connectivity index is 1.77. The zero-order valence-corrected chi connectivity index (χ0v) is 16.6. The van der Waals surface area contributed by atoms with Gasteiger partial charge in [-0.25, -0.2) is 0 Å². The smallest absolute Gasteiger partial charge is 0.246 e. The Kier molecular flexibility index (Phi) is 6.07. The van der Waals surface area contributed by atoms with Gasteiger partial charge in [-0.15, -0.1) is 0 Å². The van der Waals surface area contributed by atoms with E-state index in [1.807, 2.05) is 32.2 Å². The summed E-state index contributed by atoms with van der Waals surface area (Å²) in [5.74, 6) is 1.03. The van der Waals surface area contributed by atoms with Gasteiger partial charge in [0.05, 0.1) is 24.8 Å². The predicted octanol–water partition coefficient (Wildman–Crippen LogP) is 4.91. The van der Waals surface area contributed by atoms with Crippen molar-refractivity contribution in [2.24, 2.45) is 0 Å². The standard InChI is InChI=1S/C22H24ClNO3/c1-4-27-20-14-15(13-18(23)22(20)26-3)9-12-21(25)24(2)19-11-10-16-7-5-6-8-17(16)19/h5-9,12-14,19H,4,10-11H2,1-3H3/b12-9+. The van der Waals surface area contributed by atoms with E-state index in [4.69, 9.17) is 21.1 Å². The highest BCUT2D eigenvalue weighted by Crippen LogP contribution is 2.37. The SMILES string of the molecule is CCOc1cc(/C=C/C(=O)N(C)C2CCc3ccccc32)cc(Cl)c1OC. The molecule has 142 valence electrons. The maximum absolute atomic E-state index is 12.7. The molecule has 0 fully saturated rings.